The third kappa shape index (κ3) is 4.90. The van der Waals surface area contributed by atoms with Gasteiger partial charge in [0.05, 0.1) is 6.54 Å². The third-order valence-corrected chi connectivity index (χ3v) is 5.50. The first-order valence-electron chi connectivity index (χ1n) is 9.49. The molecule has 2 heterocycles. The molecule has 1 amide bonds. The molecule has 3 aliphatic rings. The van der Waals surface area contributed by atoms with E-state index in [0.29, 0.717) is 24.5 Å². The zero-order valence-corrected chi connectivity index (χ0v) is 16.0. The lowest BCUT2D eigenvalue weighted by atomic mass is 9.90. The molecular formula is C19H30N4O3. The summed E-state index contributed by atoms with van der Waals surface area (Å²) in [6.07, 6.45) is 6.67. The molecule has 26 heavy (non-hydrogen) atoms. The summed E-state index contributed by atoms with van der Waals surface area (Å²) in [5, 5.41) is 3.05. The molecule has 2 fully saturated rings. The third-order valence-electron chi connectivity index (χ3n) is 5.50. The van der Waals surface area contributed by atoms with Gasteiger partial charge in [-0.3, -0.25) is 24.5 Å². The Morgan fingerprint density at radius 1 is 1.23 bits per heavy atom. The van der Waals surface area contributed by atoms with Crippen molar-refractivity contribution in [1.29, 1.82) is 0 Å². The number of likely N-dealkylation sites (tertiary alicyclic amines) is 1. The summed E-state index contributed by atoms with van der Waals surface area (Å²) in [6.45, 7) is 9.05. The Morgan fingerprint density at radius 3 is 2.50 bits per heavy atom. The average molecular weight is 362 g/mol. The Morgan fingerprint density at radius 2 is 1.88 bits per heavy atom. The summed E-state index contributed by atoms with van der Waals surface area (Å²) in [6, 6.07) is 0. The van der Waals surface area contributed by atoms with Gasteiger partial charge in [-0.05, 0) is 64.5 Å². The van der Waals surface area contributed by atoms with E-state index in [4.69, 9.17) is 4.74 Å². The van der Waals surface area contributed by atoms with Crippen molar-refractivity contribution >= 4 is 24.3 Å². The van der Waals surface area contributed by atoms with Crippen LogP contribution >= 0.6 is 0 Å². The lowest BCUT2D eigenvalue weighted by molar-refractivity contribution is -0.156. The van der Waals surface area contributed by atoms with E-state index in [1.54, 1.807) is 12.4 Å². The molecule has 0 aromatic heterocycles. The van der Waals surface area contributed by atoms with E-state index in [0.717, 1.165) is 32.5 Å². The van der Waals surface area contributed by atoms with Gasteiger partial charge in [0.15, 0.2) is 0 Å². The Balaban J connectivity index is 1.37. The topological polar surface area (TPSA) is 83.4 Å². The first-order valence-corrected chi connectivity index (χ1v) is 9.49. The minimum Gasteiger partial charge on any atom is -0.459 e. The van der Waals surface area contributed by atoms with Crippen LogP contribution in [-0.2, 0) is 14.3 Å². The molecule has 7 heteroatoms. The van der Waals surface area contributed by atoms with Crippen molar-refractivity contribution in [3.8, 4) is 0 Å². The Labute approximate surface area is 155 Å². The number of amides is 1. The van der Waals surface area contributed by atoms with E-state index >= 15 is 0 Å². The van der Waals surface area contributed by atoms with Gasteiger partial charge in [0.2, 0.25) is 5.91 Å². The molecule has 0 radical (unpaired) electrons. The number of hydrogen-bond acceptors (Lipinski definition) is 6. The molecule has 1 aliphatic carbocycles. The van der Waals surface area contributed by atoms with Crippen molar-refractivity contribution in [1.82, 2.24) is 10.2 Å². The maximum Gasteiger partial charge on any atom is 0.320 e. The molecule has 0 aromatic carbocycles. The molecule has 1 unspecified atom stereocenters. The molecule has 1 atom stereocenters. The van der Waals surface area contributed by atoms with E-state index in [9.17, 15) is 9.59 Å². The normalized spacial score (nSPS) is 25.3. The predicted molar refractivity (Wildman–Crippen MR) is 100 cm³/mol. The fourth-order valence-electron chi connectivity index (χ4n) is 3.93. The standard InChI is InChI=1S/C19H30N4O3/c1-18(2,3)26-16(24)12-23-6-4-19(5-7-23)8-15(19)11-22-17(25)14-9-20-13-21-10-14/h9-10,14-15H,4-8,11-13H2,1-3H3,(H,22,25). The second-order valence-corrected chi connectivity index (χ2v) is 8.70. The minimum absolute atomic E-state index is 0.0124. The van der Waals surface area contributed by atoms with Crippen LogP contribution in [0.3, 0.4) is 0 Å². The van der Waals surface area contributed by atoms with E-state index in [2.05, 4.69) is 20.2 Å². The molecule has 1 N–H and O–H groups in total. The highest BCUT2D eigenvalue weighted by Crippen LogP contribution is 2.58. The highest BCUT2D eigenvalue weighted by Gasteiger charge is 2.54. The van der Waals surface area contributed by atoms with Crippen LogP contribution in [-0.4, -0.2) is 67.7 Å². The van der Waals surface area contributed by atoms with Crippen LogP contribution in [0.4, 0.5) is 0 Å². The fourth-order valence-corrected chi connectivity index (χ4v) is 3.93. The van der Waals surface area contributed by atoms with Gasteiger partial charge in [0.25, 0.3) is 0 Å². The second kappa shape index (κ2) is 7.47. The van der Waals surface area contributed by atoms with Crippen molar-refractivity contribution < 1.29 is 14.3 Å². The summed E-state index contributed by atoms with van der Waals surface area (Å²) >= 11 is 0. The fraction of sp³-hybridized carbons (Fsp3) is 0.789. The van der Waals surface area contributed by atoms with Crippen LogP contribution < -0.4 is 5.32 Å². The monoisotopic (exact) mass is 362 g/mol. The second-order valence-electron chi connectivity index (χ2n) is 8.70. The molecule has 1 saturated heterocycles. The Bertz CT molecular complexity index is 588. The number of nitrogens with zero attached hydrogens (tertiary/aromatic N) is 3. The predicted octanol–water partition coefficient (Wildman–Crippen LogP) is 1.28. The first kappa shape index (κ1) is 19.0. The SMILES string of the molecule is CC(C)(C)OC(=O)CN1CCC2(CC1)CC2CNC(=O)C1C=NCN=C1. The maximum absolute atomic E-state index is 12.1. The number of piperidine rings is 1. The Kier molecular flexibility index (Phi) is 5.46. The van der Waals surface area contributed by atoms with Gasteiger partial charge in [-0.25, -0.2) is 0 Å². The summed E-state index contributed by atoms with van der Waals surface area (Å²) in [7, 11) is 0. The summed E-state index contributed by atoms with van der Waals surface area (Å²) in [5.41, 5.74) is -0.0753. The molecule has 144 valence electrons. The van der Waals surface area contributed by atoms with Crippen LogP contribution in [0.1, 0.15) is 40.0 Å². The molecule has 7 nitrogen and oxygen atoms in total. The van der Waals surface area contributed by atoms with E-state index in [1.165, 1.54) is 6.42 Å². The first-order chi connectivity index (χ1) is 12.3. The van der Waals surface area contributed by atoms with Crippen LogP contribution in [0, 0.1) is 17.3 Å². The molecule has 2 aliphatic heterocycles. The van der Waals surface area contributed by atoms with Gasteiger partial charge >= 0.3 is 5.97 Å². The van der Waals surface area contributed by atoms with E-state index < -0.39 is 5.60 Å². The molecular weight excluding hydrogens is 332 g/mol. The van der Waals surface area contributed by atoms with Gasteiger partial charge < -0.3 is 10.1 Å². The molecule has 3 rings (SSSR count). The highest BCUT2D eigenvalue weighted by atomic mass is 16.6. The average Bonchev–Trinajstić information content (AvgIpc) is 3.26. The van der Waals surface area contributed by atoms with Gasteiger partial charge in [0, 0.05) is 19.0 Å². The number of nitrogens with one attached hydrogen (secondary N) is 1. The number of aliphatic imine (C=N–C) groups is 2. The van der Waals surface area contributed by atoms with Crippen molar-refractivity contribution in [2.24, 2.45) is 27.2 Å². The van der Waals surface area contributed by atoms with E-state index in [-0.39, 0.29) is 17.8 Å². The van der Waals surface area contributed by atoms with Gasteiger partial charge in [-0.15, -0.1) is 0 Å². The van der Waals surface area contributed by atoms with E-state index in [1.807, 2.05) is 20.8 Å². The number of carbonyl (C=O) groups excluding carboxylic acids is 2. The molecule has 0 bridgehead atoms. The number of ether oxygens (including phenoxy) is 1. The highest BCUT2D eigenvalue weighted by molar-refractivity contribution is 6.08. The summed E-state index contributed by atoms with van der Waals surface area (Å²) in [5.74, 6) is 0.0622. The van der Waals surface area contributed by atoms with Crippen LogP contribution in [0.25, 0.3) is 0 Å². The van der Waals surface area contributed by atoms with Crippen LogP contribution in [0.2, 0.25) is 0 Å². The number of hydrogen-bond donors (Lipinski definition) is 1. The zero-order chi connectivity index (χ0) is 18.8. The van der Waals surface area contributed by atoms with Crippen molar-refractivity contribution in [2.45, 2.75) is 45.6 Å². The molecule has 1 saturated carbocycles. The summed E-state index contributed by atoms with van der Waals surface area (Å²) < 4.78 is 5.40. The minimum atomic E-state index is -0.429. The number of rotatable bonds is 5. The van der Waals surface area contributed by atoms with Crippen LogP contribution in [0.15, 0.2) is 9.98 Å². The Hall–Kier alpha value is -1.76. The van der Waals surface area contributed by atoms with Crippen molar-refractivity contribution in [3.63, 3.8) is 0 Å². The quantitative estimate of drug-likeness (QED) is 0.747. The van der Waals surface area contributed by atoms with Gasteiger partial charge in [0.1, 0.15) is 18.2 Å². The number of esters is 1. The van der Waals surface area contributed by atoms with Crippen LogP contribution in [0.5, 0.6) is 0 Å². The number of carbonyl (C=O) groups is 2. The molecule has 0 aromatic rings. The zero-order valence-electron chi connectivity index (χ0n) is 16.0. The van der Waals surface area contributed by atoms with Gasteiger partial charge in [-0.1, -0.05) is 0 Å². The smallest absolute Gasteiger partial charge is 0.320 e. The summed E-state index contributed by atoms with van der Waals surface area (Å²) in [4.78, 5) is 34.3. The molecule has 1 spiro atoms. The lowest BCUT2D eigenvalue weighted by Crippen LogP contribution is -2.41. The lowest BCUT2D eigenvalue weighted by Gasteiger charge is -2.33. The largest absolute Gasteiger partial charge is 0.459 e. The van der Waals surface area contributed by atoms with Crippen molar-refractivity contribution in [3.05, 3.63) is 0 Å². The van der Waals surface area contributed by atoms with Gasteiger partial charge in [-0.2, -0.15) is 0 Å². The van der Waals surface area contributed by atoms with Crippen molar-refractivity contribution in [2.75, 3.05) is 32.8 Å². The maximum atomic E-state index is 12.1.